The van der Waals surface area contributed by atoms with E-state index < -0.39 is 27.5 Å². The third kappa shape index (κ3) is 3.54. The van der Waals surface area contributed by atoms with Gasteiger partial charge < -0.3 is 10.0 Å². The maximum Gasteiger partial charge on any atom is 0.311 e. The van der Waals surface area contributed by atoms with E-state index in [-0.39, 0.29) is 17.4 Å². The molecule has 1 aromatic rings. The topological polar surface area (TPSA) is 121 Å². The van der Waals surface area contributed by atoms with Crippen LogP contribution in [0.15, 0.2) is 23.1 Å². The van der Waals surface area contributed by atoms with Gasteiger partial charge in [0, 0.05) is 19.2 Å². The molecule has 0 atom stereocenters. The number of aromatic hydroxyl groups is 1. The van der Waals surface area contributed by atoms with Crippen molar-refractivity contribution in [2.75, 3.05) is 19.6 Å². The van der Waals surface area contributed by atoms with Crippen molar-refractivity contribution < 1.29 is 24.4 Å². The molecule has 3 amide bonds. The zero-order valence-electron chi connectivity index (χ0n) is 13.6. The van der Waals surface area contributed by atoms with Crippen LogP contribution in [0.4, 0.5) is 10.5 Å². The number of rotatable bonds is 4. The summed E-state index contributed by atoms with van der Waals surface area (Å²) < 4.78 is 0. The van der Waals surface area contributed by atoms with Crippen LogP contribution < -0.4 is 0 Å². The molecule has 0 unspecified atom stereocenters. The molecule has 2 aliphatic heterocycles. The fourth-order valence-electron chi connectivity index (χ4n) is 2.77. The van der Waals surface area contributed by atoms with Crippen LogP contribution in [0, 0.1) is 10.1 Å². The highest BCUT2D eigenvalue weighted by atomic mass is 32.2. The fourth-order valence-corrected chi connectivity index (χ4v) is 3.60. The van der Waals surface area contributed by atoms with Crippen molar-refractivity contribution in [2.45, 2.75) is 12.8 Å². The predicted molar refractivity (Wildman–Crippen MR) is 93.3 cm³/mol. The Bertz CT molecular complexity index is 831. The normalized spacial score (nSPS) is 18.8. The second-order valence-corrected chi connectivity index (χ2v) is 6.85. The quantitative estimate of drug-likeness (QED) is 0.483. The van der Waals surface area contributed by atoms with E-state index in [4.69, 9.17) is 0 Å². The number of hydrogen-bond acceptors (Lipinski definition) is 7. The van der Waals surface area contributed by atoms with E-state index in [0.29, 0.717) is 30.4 Å². The fraction of sp³-hybridized carbons (Fsp3) is 0.312. The minimum absolute atomic E-state index is 0.0733. The lowest BCUT2D eigenvalue weighted by Crippen LogP contribution is -2.40. The van der Waals surface area contributed by atoms with Gasteiger partial charge in [-0.15, -0.1) is 0 Å². The summed E-state index contributed by atoms with van der Waals surface area (Å²) in [6, 6.07) is 3.65. The second-order valence-electron chi connectivity index (χ2n) is 5.86. The third-order valence-electron chi connectivity index (χ3n) is 4.12. The molecule has 2 heterocycles. The molecular formula is C16H15N3O6S. The monoisotopic (exact) mass is 377 g/mol. The van der Waals surface area contributed by atoms with Gasteiger partial charge in [0.05, 0.1) is 9.83 Å². The standard InChI is InChI=1S/C16H15N3O6S/c20-12-4-3-10(7-11(12)19(24)25)8-13-15(22)18(16(23)26-13)9-14(21)17-5-1-2-6-17/h3-4,7-8,20H,1-2,5-6,9H2/b13-8+. The van der Waals surface area contributed by atoms with Crippen LogP contribution in [-0.4, -0.2) is 56.5 Å². The number of thioether (sulfide) groups is 1. The number of phenols is 1. The molecule has 1 aromatic carbocycles. The van der Waals surface area contributed by atoms with Crippen molar-refractivity contribution in [1.29, 1.82) is 0 Å². The summed E-state index contributed by atoms with van der Waals surface area (Å²) in [5.41, 5.74) is -0.201. The SMILES string of the molecule is O=C(CN1C(=O)S/C(=C/c2ccc(O)c([N+](=O)[O-])c2)C1=O)N1CCCC1. The maximum absolute atomic E-state index is 12.4. The van der Waals surface area contributed by atoms with E-state index >= 15 is 0 Å². The summed E-state index contributed by atoms with van der Waals surface area (Å²) in [6.07, 6.45) is 3.15. The van der Waals surface area contributed by atoms with Crippen LogP contribution >= 0.6 is 11.8 Å². The average Bonchev–Trinajstić information content (AvgIpc) is 3.21. The van der Waals surface area contributed by atoms with Gasteiger partial charge >= 0.3 is 5.69 Å². The Labute approximate surface area is 152 Å². The summed E-state index contributed by atoms with van der Waals surface area (Å²) in [4.78, 5) is 49.4. The molecule has 0 radical (unpaired) electrons. The molecule has 136 valence electrons. The highest BCUT2D eigenvalue weighted by Gasteiger charge is 2.37. The second kappa shape index (κ2) is 7.16. The number of amides is 3. The van der Waals surface area contributed by atoms with Crippen molar-refractivity contribution in [1.82, 2.24) is 9.80 Å². The van der Waals surface area contributed by atoms with Crippen molar-refractivity contribution in [2.24, 2.45) is 0 Å². The first kappa shape index (κ1) is 17.9. The molecule has 1 N–H and O–H groups in total. The molecule has 0 aliphatic carbocycles. The summed E-state index contributed by atoms with van der Waals surface area (Å²) in [6.45, 7) is 0.946. The van der Waals surface area contributed by atoms with E-state index in [9.17, 15) is 29.6 Å². The van der Waals surface area contributed by atoms with Gasteiger partial charge in [-0.3, -0.25) is 29.4 Å². The maximum atomic E-state index is 12.4. The molecule has 0 aromatic heterocycles. The molecule has 3 rings (SSSR count). The van der Waals surface area contributed by atoms with E-state index in [1.165, 1.54) is 12.1 Å². The van der Waals surface area contributed by atoms with Gasteiger partial charge in [-0.2, -0.15) is 0 Å². The zero-order valence-corrected chi connectivity index (χ0v) is 14.4. The van der Waals surface area contributed by atoms with E-state index in [1.54, 1.807) is 4.90 Å². The van der Waals surface area contributed by atoms with Gasteiger partial charge in [0.15, 0.2) is 5.75 Å². The van der Waals surface area contributed by atoms with Gasteiger partial charge in [0.1, 0.15) is 6.54 Å². The molecule has 2 aliphatic rings. The van der Waals surface area contributed by atoms with Crippen LogP contribution in [-0.2, 0) is 9.59 Å². The number of phenolic OH excluding ortho intramolecular Hbond substituents is 1. The van der Waals surface area contributed by atoms with Crippen molar-refractivity contribution in [3.8, 4) is 5.75 Å². The van der Waals surface area contributed by atoms with E-state index in [0.717, 1.165) is 29.9 Å². The third-order valence-corrected chi connectivity index (χ3v) is 5.03. The minimum Gasteiger partial charge on any atom is -0.502 e. The number of hydrogen-bond donors (Lipinski definition) is 1. The van der Waals surface area contributed by atoms with Crippen LogP contribution in [0.3, 0.4) is 0 Å². The molecule has 0 bridgehead atoms. The highest BCUT2D eigenvalue weighted by Crippen LogP contribution is 2.34. The molecule has 26 heavy (non-hydrogen) atoms. The summed E-state index contributed by atoms with van der Waals surface area (Å²) in [5, 5.41) is 19.8. The Morgan fingerprint density at radius 2 is 2.00 bits per heavy atom. The first-order valence-corrected chi connectivity index (χ1v) is 8.69. The van der Waals surface area contributed by atoms with E-state index in [2.05, 4.69) is 0 Å². The Morgan fingerprint density at radius 1 is 1.31 bits per heavy atom. The van der Waals surface area contributed by atoms with Crippen LogP contribution in [0.25, 0.3) is 6.08 Å². The first-order chi connectivity index (χ1) is 12.4. The largest absolute Gasteiger partial charge is 0.502 e. The van der Waals surface area contributed by atoms with Crippen molar-refractivity contribution in [3.05, 3.63) is 38.8 Å². The molecule has 9 nitrogen and oxygen atoms in total. The smallest absolute Gasteiger partial charge is 0.311 e. The Balaban J connectivity index is 1.78. The lowest BCUT2D eigenvalue weighted by atomic mass is 10.1. The average molecular weight is 377 g/mol. The summed E-state index contributed by atoms with van der Waals surface area (Å²) >= 11 is 0.675. The van der Waals surface area contributed by atoms with Crippen LogP contribution in [0.2, 0.25) is 0 Å². The van der Waals surface area contributed by atoms with Crippen LogP contribution in [0.1, 0.15) is 18.4 Å². The van der Waals surface area contributed by atoms with Crippen LogP contribution in [0.5, 0.6) is 5.75 Å². The number of nitrogens with zero attached hydrogens (tertiary/aromatic N) is 3. The number of carbonyl (C=O) groups excluding carboxylic acids is 3. The van der Waals surface area contributed by atoms with Gasteiger partial charge in [0.25, 0.3) is 11.1 Å². The Hall–Kier alpha value is -2.88. The molecule has 0 saturated carbocycles. The predicted octanol–water partition coefficient (Wildman–Crippen LogP) is 1.96. The number of benzene rings is 1. The lowest BCUT2D eigenvalue weighted by molar-refractivity contribution is -0.385. The number of nitro groups is 1. The summed E-state index contributed by atoms with van der Waals surface area (Å²) in [5.74, 6) is -1.37. The Morgan fingerprint density at radius 3 is 2.65 bits per heavy atom. The zero-order chi connectivity index (χ0) is 18.8. The number of likely N-dealkylation sites (tertiary alicyclic amines) is 1. The highest BCUT2D eigenvalue weighted by molar-refractivity contribution is 8.18. The Kier molecular flexibility index (Phi) is 4.94. The number of nitro benzene ring substituents is 1. The molecule has 2 fully saturated rings. The number of imide groups is 1. The summed E-state index contributed by atoms with van der Waals surface area (Å²) in [7, 11) is 0. The lowest BCUT2D eigenvalue weighted by Gasteiger charge is -2.18. The molecule has 2 saturated heterocycles. The molecular weight excluding hydrogens is 362 g/mol. The van der Waals surface area contributed by atoms with Gasteiger partial charge in [-0.25, -0.2) is 0 Å². The van der Waals surface area contributed by atoms with Crippen molar-refractivity contribution >= 4 is 40.6 Å². The number of carbonyl (C=O) groups is 3. The van der Waals surface area contributed by atoms with Gasteiger partial charge in [-0.1, -0.05) is 6.07 Å². The van der Waals surface area contributed by atoms with Gasteiger partial charge in [0.2, 0.25) is 5.91 Å². The molecule has 10 heteroatoms. The minimum atomic E-state index is -0.743. The van der Waals surface area contributed by atoms with Crippen molar-refractivity contribution in [3.63, 3.8) is 0 Å². The first-order valence-electron chi connectivity index (χ1n) is 7.87. The molecule has 0 spiro atoms. The van der Waals surface area contributed by atoms with Gasteiger partial charge in [-0.05, 0) is 42.3 Å². The van der Waals surface area contributed by atoms with E-state index in [1.807, 2.05) is 0 Å².